The van der Waals surface area contributed by atoms with Crippen LogP contribution in [0.5, 0.6) is 5.75 Å². The van der Waals surface area contributed by atoms with Gasteiger partial charge in [-0.2, -0.15) is 0 Å². The summed E-state index contributed by atoms with van der Waals surface area (Å²) < 4.78 is 7.23. The molecule has 0 spiro atoms. The average molecular weight is 432 g/mol. The van der Waals surface area contributed by atoms with Gasteiger partial charge in [-0.3, -0.25) is 4.79 Å². The number of halogens is 1. The van der Waals surface area contributed by atoms with Crippen molar-refractivity contribution in [2.24, 2.45) is 0 Å². The molecule has 1 aliphatic rings. The molecular formula is C19H18BrN3O2S. The number of para-hydroxylation sites is 1. The summed E-state index contributed by atoms with van der Waals surface area (Å²) in [5, 5.41) is 1.03. The normalized spacial score (nSPS) is 14.7. The van der Waals surface area contributed by atoms with Gasteiger partial charge in [-0.15, -0.1) is 0 Å². The van der Waals surface area contributed by atoms with Crippen LogP contribution in [0.15, 0.2) is 46.9 Å². The number of hydrogen-bond acceptors (Lipinski definition) is 5. The molecule has 0 atom stereocenters. The van der Waals surface area contributed by atoms with E-state index in [-0.39, 0.29) is 5.91 Å². The van der Waals surface area contributed by atoms with E-state index in [1.54, 1.807) is 24.5 Å². The number of rotatable bonds is 3. The fourth-order valence-electron chi connectivity index (χ4n) is 3.06. The van der Waals surface area contributed by atoms with E-state index in [0.717, 1.165) is 28.2 Å². The lowest BCUT2D eigenvalue weighted by atomic mass is 10.1. The van der Waals surface area contributed by atoms with Crippen molar-refractivity contribution in [3.05, 3.63) is 52.5 Å². The Hall–Kier alpha value is -2.12. The summed E-state index contributed by atoms with van der Waals surface area (Å²) >= 11 is 5.18. The number of anilines is 1. The Labute approximate surface area is 164 Å². The smallest absolute Gasteiger partial charge is 0.255 e. The van der Waals surface area contributed by atoms with Crippen molar-refractivity contribution in [1.29, 1.82) is 0 Å². The van der Waals surface area contributed by atoms with E-state index in [1.165, 1.54) is 4.70 Å². The van der Waals surface area contributed by atoms with Gasteiger partial charge in [0.05, 0.1) is 22.9 Å². The van der Waals surface area contributed by atoms with Crippen LogP contribution in [-0.4, -0.2) is 49.1 Å². The maximum Gasteiger partial charge on any atom is 0.255 e. The highest BCUT2D eigenvalue weighted by Crippen LogP contribution is 2.30. The molecule has 0 saturated carbocycles. The van der Waals surface area contributed by atoms with Crippen molar-refractivity contribution in [1.82, 2.24) is 9.88 Å². The lowest BCUT2D eigenvalue weighted by Gasteiger charge is -2.34. The molecule has 1 amide bonds. The van der Waals surface area contributed by atoms with Crippen LogP contribution >= 0.6 is 27.3 Å². The van der Waals surface area contributed by atoms with Crippen LogP contribution < -0.4 is 9.64 Å². The van der Waals surface area contributed by atoms with Gasteiger partial charge in [0.2, 0.25) is 0 Å². The first-order chi connectivity index (χ1) is 12.7. The average Bonchev–Trinajstić information content (AvgIpc) is 3.12. The number of piperazine rings is 1. The quantitative estimate of drug-likeness (QED) is 0.627. The standard InChI is InChI=1S/C19H18BrN3O2S/c1-25-13-6-7-15(20)14(12-13)18(24)22-8-10-23(11-9-22)19-21-16-4-2-3-5-17(16)26-19/h2-7,12H,8-11H2,1H3. The van der Waals surface area contributed by atoms with Crippen LogP contribution in [-0.2, 0) is 0 Å². The second kappa shape index (κ2) is 7.25. The maximum atomic E-state index is 12.9. The maximum absolute atomic E-state index is 12.9. The highest BCUT2D eigenvalue weighted by atomic mass is 79.9. The van der Waals surface area contributed by atoms with E-state index in [1.807, 2.05) is 35.2 Å². The Kier molecular flexibility index (Phi) is 4.82. The summed E-state index contributed by atoms with van der Waals surface area (Å²) in [6.07, 6.45) is 0. The second-order valence-electron chi connectivity index (χ2n) is 6.09. The predicted molar refractivity (Wildman–Crippen MR) is 108 cm³/mol. The molecular weight excluding hydrogens is 414 g/mol. The van der Waals surface area contributed by atoms with Crippen molar-refractivity contribution in [3.63, 3.8) is 0 Å². The number of amides is 1. The van der Waals surface area contributed by atoms with Crippen molar-refractivity contribution < 1.29 is 9.53 Å². The van der Waals surface area contributed by atoms with Crippen molar-refractivity contribution in [2.45, 2.75) is 0 Å². The van der Waals surface area contributed by atoms with E-state index in [0.29, 0.717) is 24.4 Å². The van der Waals surface area contributed by atoms with Gasteiger partial charge < -0.3 is 14.5 Å². The Morgan fingerprint density at radius 2 is 1.92 bits per heavy atom. The minimum absolute atomic E-state index is 0.0275. The number of hydrogen-bond donors (Lipinski definition) is 0. The van der Waals surface area contributed by atoms with E-state index in [2.05, 4.69) is 26.9 Å². The third-order valence-corrected chi connectivity index (χ3v) is 6.31. The molecule has 1 aromatic heterocycles. The SMILES string of the molecule is COc1ccc(Br)c(C(=O)N2CCN(c3nc4ccccc4s3)CC2)c1. The summed E-state index contributed by atoms with van der Waals surface area (Å²) in [6.45, 7) is 2.93. The molecule has 0 radical (unpaired) electrons. The molecule has 26 heavy (non-hydrogen) atoms. The van der Waals surface area contributed by atoms with Crippen LogP contribution in [0.4, 0.5) is 5.13 Å². The van der Waals surface area contributed by atoms with Crippen LogP contribution in [0.2, 0.25) is 0 Å². The van der Waals surface area contributed by atoms with E-state index >= 15 is 0 Å². The number of fused-ring (bicyclic) bond motifs is 1. The summed E-state index contributed by atoms with van der Waals surface area (Å²) in [5.74, 6) is 0.712. The van der Waals surface area contributed by atoms with E-state index < -0.39 is 0 Å². The molecule has 0 bridgehead atoms. The second-order valence-corrected chi connectivity index (χ2v) is 7.95. The fraction of sp³-hybridized carbons (Fsp3) is 0.263. The molecule has 5 nitrogen and oxygen atoms in total. The van der Waals surface area contributed by atoms with Gasteiger partial charge in [0.1, 0.15) is 5.75 Å². The minimum atomic E-state index is 0.0275. The van der Waals surface area contributed by atoms with Crippen molar-refractivity contribution in [2.75, 3.05) is 38.2 Å². The number of carbonyl (C=O) groups is 1. The molecule has 2 heterocycles. The van der Waals surface area contributed by atoms with Gasteiger partial charge in [0.25, 0.3) is 5.91 Å². The highest BCUT2D eigenvalue weighted by molar-refractivity contribution is 9.10. The number of benzene rings is 2. The van der Waals surface area contributed by atoms with Crippen LogP contribution in [0.1, 0.15) is 10.4 Å². The Morgan fingerprint density at radius 1 is 1.15 bits per heavy atom. The predicted octanol–water partition coefficient (Wildman–Crippen LogP) is 4.03. The van der Waals surface area contributed by atoms with Crippen LogP contribution in [0, 0.1) is 0 Å². The summed E-state index contributed by atoms with van der Waals surface area (Å²) in [6, 6.07) is 13.6. The first-order valence-corrected chi connectivity index (χ1v) is 10.00. The molecule has 134 valence electrons. The third kappa shape index (κ3) is 3.29. The number of methoxy groups -OCH3 is 1. The van der Waals surface area contributed by atoms with Crippen molar-refractivity contribution >= 4 is 48.5 Å². The minimum Gasteiger partial charge on any atom is -0.497 e. The Bertz CT molecular complexity index is 918. The Balaban J connectivity index is 1.47. The van der Waals surface area contributed by atoms with Gasteiger partial charge >= 0.3 is 0 Å². The van der Waals surface area contributed by atoms with Gasteiger partial charge in [0.15, 0.2) is 5.13 Å². The van der Waals surface area contributed by atoms with Gasteiger partial charge in [0, 0.05) is 30.7 Å². The first-order valence-electron chi connectivity index (χ1n) is 8.39. The zero-order valence-electron chi connectivity index (χ0n) is 14.3. The van der Waals surface area contributed by atoms with Crippen molar-refractivity contribution in [3.8, 4) is 5.75 Å². The number of ether oxygens (including phenoxy) is 1. The molecule has 4 rings (SSSR count). The molecule has 1 fully saturated rings. The molecule has 2 aromatic carbocycles. The molecule has 7 heteroatoms. The first kappa shape index (κ1) is 17.3. The zero-order chi connectivity index (χ0) is 18.1. The molecule has 1 saturated heterocycles. The summed E-state index contributed by atoms with van der Waals surface area (Å²) in [5.41, 5.74) is 1.67. The largest absolute Gasteiger partial charge is 0.497 e. The number of thiazole rings is 1. The van der Waals surface area contributed by atoms with Gasteiger partial charge in [-0.05, 0) is 46.3 Å². The molecule has 3 aromatic rings. The molecule has 0 aliphatic carbocycles. The highest BCUT2D eigenvalue weighted by Gasteiger charge is 2.25. The number of nitrogens with zero attached hydrogens (tertiary/aromatic N) is 3. The summed E-state index contributed by atoms with van der Waals surface area (Å²) in [7, 11) is 1.61. The topological polar surface area (TPSA) is 45.7 Å². The van der Waals surface area contributed by atoms with Gasteiger partial charge in [-0.25, -0.2) is 4.98 Å². The van der Waals surface area contributed by atoms with Gasteiger partial charge in [-0.1, -0.05) is 23.5 Å². The zero-order valence-corrected chi connectivity index (χ0v) is 16.7. The lowest BCUT2D eigenvalue weighted by Crippen LogP contribution is -2.48. The van der Waals surface area contributed by atoms with E-state index in [4.69, 9.17) is 9.72 Å². The van der Waals surface area contributed by atoms with E-state index in [9.17, 15) is 4.79 Å². The van der Waals surface area contributed by atoms with Crippen LogP contribution in [0.25, 0.3) is 10.2 Å². The number of carbonyl (C=O) groups excluding carboxylic acids is 1. The molecule has 0 unspecified atom stereocenters. The number of aromatic nitrogens is 1. The Morgan fingerprint density at radius 3 is 2.65 bits per heavy atom. The molecule has 1 aliphatic heterocycles. The third-order valence-electron chi connectivity index (χ3n) is 4.52. The lowest BCUT2D eigenvalue weighted by molar-refractivity contribution is 0.0745. The monoisotopic (exact) mass is 431 g/mol. The van der Waals surface area contributed by atoms with Crippen LogP contribution in [0.3, 0.4) is 0 Å². The summed E-state index contributed by atoms with van der Waals surface area (Å²) in [4.78, 5) is 21.8. The fourth-order valence-corrected chi connectivity index (χ4v) is 4.50. The molecule has 0 N–H and O–H groups in total.